The third kappa shape index (κ3) is 3.79. The molecular formula is C10H19N3O. The summed E-state index contributed by atoms with van der Waals surface area (Å²) in [6.07, 6.45) is 4.61. The van der Waals surface area contributed by atoms with Crippen molar-refractivity contribution in [3.05, 3.63) is 12.4 Å². The van der Waals surface area contributed by atoms with Gasteiger partial charge in [0.15, 0.2) is 5.75 Å². The highest BCUT2D eigenvalue weighted by Gasteiger charge is 2.00. The lowest BCUT2D eigenvalue weighted by Gasteiger charge is -2.05. The number of rotatable bonds is 6. The summed E-state index contributed by atoms with van der Waals surface area (Å²) in [6.45, 7) is 6.55. The first-order chi connectivity index (χ1) is 6.72. The Morgan fingerprint density at radius 2 is 2.36 bits per heavy atom. The van der Waals surface area contributed by atoms with Crippen LogP contribution in [0.4, 0.5) is 0 Å². The Bertz CT molecular complexity index is 258. The Morgan fingerprint density at radius 3 is 3.00 bits per heavy atom. The van der Waals surface area contributed by atoms with Gasteiger partial charge in [-0.15, -0.1) is 0 Å². The summed E-state index contributed by atoms with van der Waals surface area (Å²) >= 11 is 0. The van der Waals surface area contributed by atoms with E-state index in [0.29, 0.717) is 12.5 Å². The molecule has 1 aromatic heterocycles. The Hall–Kier alpha value is -1.03. The van der Waals surface area contributed by atoms with Gasteiger partial charge in [-0.05, 0) is 18.9 Å². The molecule has 0 amide bonds. The number of aryl methyl sites for hydroxylation is 1. The largest absolute Gasteiger partial charge is 0.490 e. The van der Waals surface area contributed by atoms with Gasteiger partial charge in [0.05, 0.1) is 19.0 Å². The van der Waals surface area contributed by atoms with Crippen LogP contribution in [0.15, 0.2) is 12.4 Å². The molecule has 4 nitrogen and oxygen atoms in total. The minimum atomic E-state index is 0.544. The molecule has 0 bridgehead atoms. The van der Waals surface area contributed by atoms with Crippen molar-refractivity contribution < 1.29 is 4.74 Å². The summed E-state index contributed by atoms with van der Waals surface area (Å²) in [5.41, 5.74) is 5.41. The standard InChI is InChI=1S/C10H19N3O/c1-9(2)8-14-10-6-12-13(7-10)5-3-4-11/h6-7,9H,3-5,8,11H2,1-2H3. The van der Waals surface area contributed by atoms with Gasteiger partial charge >= 0.3 is 0 Å². The molecule has 80 valence electrons. The van der Waals surface area contributed by atoms with Crippen molar-refractivity contribution in [1.29, 1.82) is 0 Å². The van der Waals surface area contributed by atoms with Gasteiger partial charge in [-0.2, -0.15) is 5.10 Å². The van der Waals surface area contributed by atoms with Gasteiger partial charge in [-0.1, -0.05) is 13.8 Å². The Balaban J connectivity index is 2.35. The summed E-state index contributed by atoms with van der Waals surface area (Å²) in [5, 5.41) is 4.17. The van der Waals surface area contributed by atoms with Crippen molar-refractivity contribution in [2.75, 3.05) is 13.2 Å². The molecule has 0 spiro atoms. The zero-order chi connectivity index (χ0) is 10.4. The second-order valence-electron chi connectivity index (χ2n) is 3.79. The van der Waals surface area contributed by atoms with E-state index in [1.807, 2.05) is 10.9 Å². The zero-order valence-electron chi connectivity index (χ0n) is 8.94. The number of hydrogen-bond acceptors (Lipinski definition) is 3. The molecule has 0 unspecified atom stereocenters. The average Bonchev–Trinajstić information content (AvgIpc) is 2.59. The first-order valence-electron chi connectivity index (χ1n) is 5.07. The maximum absolute atomic E-state index is 5.51. The molecule has 1 rings (SSSR count). The SMILES string of the molecule is CC(C)COc1cnn(CCCN)c1. The predicted octanol–water partition coefficient (Wildman–Crippen LogP) is 1.27. The first-order valence-corrected chi connectivity index (χ1v) is 5.07. The fourth-order valence-electron chi connectivity index (χ4n) is 1.06. The summed E-state index contributed by atoms with van der Waals surface area (Å²) < 4.78 is 7.38. The van der Waals surface area contributed by atoms with E-state index >= 15 is 0 Å². The van der Waals surface area contributed by atoms with Crippen LogP contribution in [0.3, 0.4) is 0 Å². The highest BCUT2D eigenvalue weighted by atomic mass is 16.5. The minimum absolute atomic E-state index is 0.544. The smallest absolute Gasteiger partial charge is 0.157 e. The van der Waals surface area contributed by atoms with Crippen LogP contribution in [0, 0.1) is 5.92 Å². The van der Waals surface area contributed by atoms with Crippen LogP contribution >= 0.6 is 0 Å². The second-order valence-corrected chi connectivity index (χ2v) is 3.79. The van der Waals surface area contributed by atoms with Crippen molar-refractivity contribution in [1.82, 2.24) is 9.78 Å². The van der Waals surface area contributed by atoms with Crippen LogP contribution in [-0.4, -0.2) is 22.9 Å². The van der Waals surface area contributed by atoms with E-state index in [-0.39, 0.29) is 0 Å². The normalized spacial score (nSPS) is 10.9. The number of ether oxygens (including phenoxy) is 1. The molecule has 14 heavy (non-hydrogen) atoms. The molecule has 0 saturated carbocycles. The fraction of sp³-hybridized carbons (Fsp3) is 0.700. The van der Waals surface area contributed by atoms with E-state index in [4.69, 9.17) is 10.5 Å². The van der Waals surface area contributed by atoms with Crippen molar-refractivity contribution in [3.63, 3.8) is 0 Å². The van der Waals surface area contributed by atoms with Gasteiger partial charge in [0.25, 0.3) is 0 Å². The maximum atomic E-state index is 5.51. The van der Waals surface area contributed by atoms with E-state index in [1.54, 1.807) is 6.20 Å². The molecule has 0 fully saturated rings. The molecule has 0 atom stereocenters. The van der Waals surface area contributed by atoms with Crippen LogP contribution in [0.25, 0.3) is 0 Å². The summed E-state index contributed by atoms with van der Waals surface area (Å²) in [4.78, 5) is 0. The van der Waals surface area contributed by atoms with Gasteiger partial charge in [0.1, 0.15) is 0 Å². The van der Waals surface area contributed by atoms with E-state index in [1.165, 1.54) is 0 Å². The van der Waals surface area contributed by atoms with E-state index in [9.17, 15) is 0 Å². The monoisotopic (exact) mass is 197 g/mol. The third-order valence-corrected chi connectivity index (χ3v) is 1.78. The van der Waals surface area contributed by atoms with E-state index < -0.39 is 0 Å². The number of nitrogens with two attached hydrogens (primary N) is 1. The Morgan fingerprint density at radius 1 is 1.57 bits per heavy atom. The highest BCUT2D eigenvalue weighted by molar-refractivity contribution is 5.11. The topological polar surface area (TPSA) is 53.1 Å². The molecule has 0 aliphatic heterocycles. The predicted molar refractivity (Wildman–Crippen MR) is 56.2 cm³/mol. The lowest BCUT2D eigenvalue weighted by molar-refractivity contribution is 0.270. The van der Waals surface area contributed by atoms with Gasteiger partial charge in [0.2, 0.25) is 0 Å². The molecule has 2 N–H and O–H groups in total. The van der Waals surface area contributed by atoms with Crippen molar-refractivity contribution >= 4 is 0 Å². The number of hydrogen-bond donors (Lipinski definition) is 1. The van der Waals surface area contributed by atoms with Crippen LogP contribution in [0.2, 0.25) is 0 Å². The minimum Gasteiger partial charge on any atom is -0.490 e. The highest BCUT2D eigenvalue weighted by Crippen LogP contribution is 2.09. The van der Waals surface area contributed by atoms with Crippen molar-refractivity contribution in [2.45, 2.75) is 26.8 Å². The molecule has 0 radical (unpaired) electrons. The molecule has 4 heteroatoms. The van der Waals surface area contributed by atoms with Gasteiger partial charge in [-0.25, -0.2) is 0 Å². The summed E-state index contributed by atoms with van der Waals surface area (Å²) in [6, 6.07) is 0. The molecule has 0 aromatic carbocycles. The molecule has 1 heterocycles. The third-order valence-electron chi connectivity index (χ3n) is 1.78. The van der Waals surface area contributed by atoms with Crippen LogP contribution in [0.5, 0.6) is 5.75 Å². The average molecular weight is 197 g/mol. The Labute approximate surface area is 85.0 Å². The van der Waals surface area contributed by atoms with Crippen molar-refractivity contribution in [2.24, 2.45) is 11.7 Å². The van der Waals surface area contributed by atoms with E-state index in [0.717, 1.165) is 25.3 Å². The Kier molecular flexibility index (Phi) is 4.46. The van der Waals surface area contributed by atoms with Gasteiger partial charge < -0.3 is 10.5 Å². The number of nitrogens with zero attached hydrogens (tertiary/aromatic N) is 2. The van der Waals surface area contributed by atoms with Crippen LogP contribution in [-0.2, 0) is 6.54 Å². The molecule has 0 saturated heterocycles. The lowest BCUT2D eigenvalue weighted by Crippen LogP contribution is -2.06. The zero-order valence-corrected chi connectivity index (χ0v) is 8.94. The summed E-state index contributed by atoms with van der Waals surface area (Å²) in [7, 11) is 0. The van der Waals surface area contributed by atoms with Gasteiger partial charge in [0, 0.05) is 6.54 Å². The fourth-order valence-corrected chi connectivity index (χ4v) is 1.06. The second kappa shape index (κ2) is 5.65. The lowest BCUT2D eigenvalue weighted by atomic mass is 10.2. The maximum Gasteiger partial charge on any atom is 0.157 e. The molecular weight excluding hydrogens is 178 g/mol. The summed E-state index contributed by atoms with van der Waals surface area (Å²) in [5.74, 6) is 1.39. The van der Waals surface area contributed by atoms with Gasteiger partial charge in [-0.3, -0.25) is 4.68 Å². The van der Waals surface area contributed by atoms with Crippen molar-refractivity contribution in [3.8, 4) is 5.75 Å². The molecule has 0 aliphatic carbocycles. The van der Waals surface area contributed by atoms with E-state index in [2.05, 4.69) is 18.9 Å². The first kappa shape index (κ1) is 11.0. The quantitative estimate of drug-likeness (QED) is 0.747. The molecule has 1 aromatic rings. The number of aromatic nitrogens is 2. The van der Waals surface area contributed by atoms with Crippen LogP contribution < -0.4 is 10.5 Å². The molecule has 0 aliphatic rings. The van der Waals surface area contributed by atoms with Crippen LogP contribution in [0.1, 0.15) is 20.3 Å².